The normalized spacial score (nSPS) is 11.7. The molecule has 0 aliphatic rings. The Kier molecular flexibility index (Phi) is 7.55. The number of amides is 1. The van der Waals surface area contributed by atoms with Crippen LogP contribution in [0.15, 0.2) is 66.9 Å². The lowest BCUT2D eigenvalue weighted by Gasteiger charge is -2.08. The number of alkyl halides is 3. The van der Waals surface area contributed by atoms with Gasteiger partial charge in [-0.3, -0.25) is 4.79 Å². The van der Waals surface area contributed by atoms with Crippen molar-refractivity contribution in [2.45, 2.75) is 25.9 Å². The number of carbonyl (C=O) groups is 1. The predicted octanol–water partition coefficient (Wildman–Crippen LogP) is 3.73. The van der Waals surface area contributed by atoms with Gasteiger partial charge in [0.25, 0.3) is 0 Å². The van der Waals surface area contributed by atoms with Crippen molar-refractivity contribution in [2.75, 3.05) is 6.61 Å². The van der Waals surface area contributed by atoms with Crippen LogP contribution >= 0.6 is 0 Å². The number of hydrogen-bond acceptors (Lipinski definition) is 4. The molecule has 1 aromatic heterocycles. The Labute approximate surface area is 177 Å². The quantitative estimate of drug-likeness (QED) is 0.525. The maximum atomic E-state index is 12.1. The maximum absolute atomic E-state index is 12.1. The van der Waals surface area contributed by atoms with Crippen LogP contribution in [0, 0.1) is 0 Å². The van der Waals surface area contributed by atoms with E-state index in [0.717, 1.165) is 11.1 Å². The summed E-state index contributed by atoms with van der Waals surface area (Å²) in [7, 11) is 0. The number of aromatic nitrogens is 3. The molecule has 1 N–H and O–H groups in total. The van der Waals surface area contributed by atoms with E-state index in [-0.39, 0.29) is 19.1 Å². The van der Waals surface area contributed by atoms with Crippen LogP contribution in [0.2, 0.25) is 0 Å². The molecule has 1 heterocycles. The summed E-state index contributed by atoms with van der Waals surface area (Å²) >= 11 is 0. The highest BCUT2D eigenvalue weighted by Crippen LogP contribution is 2.15. The summed E-state index contributed by atoms with van der Waals surface area (Å²) in [5.74, 6) is -0.296. The molecule has 0 bridgehead atoms. The van der Waals surface area contributed by atoms with Gasteiger partial charge in [-0.25, -0.2) is 4.68 Å². The number of benzene rings is 2. The molecule has 0 aliphatic carbocycles. The van der Waals surface area contributed by atoms with E-state index in [1.165, 1.54) is 6.08 Å². The first kappa shape index (κ1) is 22.2. The molecule has 1 amide bonds. The Bertz CT molecular complexity index is 1000. The molecule has 31 heavy (non-hydrogen) atoms. The van der Waals surface area contributed by atoms with Crippen molar-refractivity contribution in [2.24, 2.45) is 0 Å². The fourth-order valence-corrected chi connectivity index (χ4v) is 2.68. The zero-order valence-corrected chi connectivity index (χ0v) is 16.5. The largest absolute Gasteiger partial charge is 0.411 e. The van der Waals surface area contributed by atoms with Crippen LogP contribution in [0.1, 0.15) is 22.4 Å². The maximum Gasteiger partial charge on any atom is 0.411 e. The first-order valence-electron chi connectivity index (χ1n) is 9.50. The van der Waals surface area contributed by atoms with Crippen LogP contribution in [0.25, 0.3) is 6.08 Å². The molecular formula is C22H21F3N4O2. The van der Waals surface area contributed by atoms with E-state index in [4.69, 9.17) is 0 Å². The van der Waals surface area contributed by atoms with Crippen LogP contribution < -0.4 is 5.32 Å². The van der Waals surface area contributed by atoms with Gasteiger partial charge in [0.15, 0.2) is 0 Å². The lowest BCUT2D eigenvalue weighted by Crippen LogP contribution is -2.20. The van der Waals surface area contributed by atoms with Gasteiger partial charge in [0.05, 0.1) is 19.3 Å². The standard InChI is InChI=1S/C22H21F3N4O2/c23-22(24,25)16-31-15-19-8-6-17(7-9-19)12-26-21(30)11-10-20-14-29(28-27-20)13-18-4-2-1-3-5-18/h1-11,14H,12-13,15-16H2,(H,26,30)/b11-10+. The van der Waals surface area contributed by atoms with Gasteiger partial charge < -0.3 is 10.1 Å². The minimum Gasteiger partial charge on any atom is -0.367 e. The highest BCUT2D eigenvalue weighted by atomic mass is 19.4. The van der Waals surface area contributed by atoms with E-state index in [2.05, 4.69) is 20.4 Å². The number of nitrogens with one attached hydrogen (secondary N) is 1. The molecule has 0 spiro atoms. The Balaban J connectivity index is 1.42. The van der Waals surface area contributed by atoms with Crippen molar-refractivity contribution in [3.63, 3.8) is 0 Å². The number of ether oxygens (including phenoxy) is 1. The van der Waals surface area contributed by atoms with Gasteiger partial charge in [0.1, 0.15) is 12.3 Å². The van der Waals surface area contributed by atoms with Gasteiger partial charge in [0, 0.05) is 12.6 Å². The number of hydrogen-bond donors (Lipinski definition) is 1. The average Bonchev–Trinajstić information content (AvgIpc) is 3.19. The van der Waals surface area contributed by atoms with Crippen LogP contribution in [0.5, 0.6) is 0 Å². The SMILES string of the molecule is O=C(/C=C/c1cn(Cc2ccccc2)nn1)NCc1ccc(COCC(F)(F)F)cc1. The van der Waals surface area contributed by atoms with E-state index in [9.17, 15) is 18.0 Å². The minimum absolute atomic E-state index is 0.125. The van der Waals surface area contributed by atoms with Crippen molar-refractivity contribution in [1.29, 1.82) is 0 Å². The second-order valence-electron chi connectivity index (χ2n) is 6.80. The molecule has 2 aromatic carbocycles. The summed E-state index contributed by atoms with van der Waals surface area (Å²) in [5, 5.41) is 10.8. The molecule has 162 valence electrons. The van der Waals surface area contributed by atoms with E-state index in [1.54, 1.807) is 41.2 Å². The van der Waals surface area contributed by atoms with E-state index in [1.807, 2.05) is 30.3 Å². The van der Waals surface area contributed by atoms with Crippen molar-refractivity contribution in [1.82, 2.24) is 20.3 Å². The van der Waals surface area contributed by atoms with Crippen LogP contribution in [-0.4, -0.2) is 33.7 Å². The Hall–Kier alpha value is -3.46. The summed E-state index contributed by atoms with van der Waals surface area (Å²) in [5.41, 5.74) is 3.10. The molecule has 0 radical (unpaired) electrons. The van der Waals surface area contributed by atoms with E-state index >= 15 is 0 Å². The Morgan fingerprint density at radius 3 is 2.45 bits per heavy atom. The summed E-state index contributed by atoms with van der Waals surface area (Å²) in [6, 6.07) is 16.6. The topological polar surface area (TPSA) is 69.0 Å². The number of nitrogens with zero attached hydrogens (tertiary/aromatic N) is 3. The fourth-order valence-electron chi connectivity index (χ4n) is 2.68. The molecule has 0 atom stereocenters. The first-order valence-corrected chi connectivity index (χ1v) is 9.50. The van der Waals surface area contributed by atoms with Crippen molar-refractivity contribution in [3.05, 3.63) is 89.3 Å². The Morgan fingerprint density at radius 1 is 1.03 bits per heavy atom. The van der Waals surface area contributed by atoms with Gasteiger partial charge in [-0.2, -0.15) is 13.2 Å². The Morgan fingerprint density at radius 2 is 1.74 bits per heavy atom. The molecule has 3 rings (SSSR count). The molecule has 9 heteroatoms. The summed E-state index contributed by atoms with van der Waals surface area (Å²) in [6.07, 6.45) is 0.353. The zero-order valence-electron chi connectivity index (χ0n) is 16.5. The third-order valence-corrected chi connectivity index (χ3v) is 4.17. The molecule has 0 aliphatic heterocycles. The lowest BCUT2D eigenvalue weighted by atomic mass is 10.1. The summed E-state index contributed by atoms with van der Waals surface area (Å²) in [4.78, 5) is 12.0. The third-order valence-electron chi connectivity index (χ3n) is 4.17. The highest BCUT2D eigenvalue weighted by Gasteiger charge is 2.27. The van der Waals surface area contributed by atoms with Crippen molar-refractivity contribution < 1.29 is 22.7 Å². The average molecular weight is 430 g/mol. The van der Waals surface area contributed by atoms with E-state index < -0.39 is 12.8 Å². The smallest absolute Gasteiger partial charge is 0.367 e. The number of halogens is 3. The summed E-state index contributed by atoms with van der Waals surface area (Å²) < 4.78 is 42.5. The van der Waals surface area contributed by atoms with Crippen molar-refractivity contribution >= 4 is 12.0 Å². The molecule has 3 aromatic rings. The zero-order chi connectivity index (χ0) is 22.1. The first-order chi connectivity index (χ1) is 14.9. The summed E-state index contributed by atoms with van der Waals surface area (Å²) in [6.45, 7) is -0.532. The van der Waals surface area contributed by atoms with Crippen LogP contribution in [-0.2, 0) is 29.2 Å². The third kappa shape index (κ3) is 8.06. The van der Waals surface area contributed by atoms with Crippen molar-refractivity contribution in [3.8, 4) is 0 Å². The molecule has 0 saturated heterocycles. The molecular weight excluding hydrogens is 409 g/mol. The van der Waals surface area contributed by atoms with Crippen LogP contribution in [0.3, 0.4) is 0 Å². The molecule has 6 nitrogen and oxygen atoms in total. The fraction of sp³-hybridized carbons (Fsp3) is 0.227. The predicted molar refractivity (Wildman–Crippen MR) is 109 cm³/mol. The van der Waals surface area contributed by atoms with Gasteiger partial charge >= 0.3 is 6.18 Å². The van der Waals surface area contributed by atoms with Gasteiger partial charge in [-0.1, -0.05) is 59.8 Å². The van der Waals surface area contributed by atoms with Crippen LogP contribution in [0.4, 0.5) is 13.2 Å². The highest BCUT2D eigenvalue weighted by molar-refractivity contribution is 5.91. The molecule has 0 fully saturated rings. The monoisotopic (exact) mass is 430 g/mol. The second-order valence-corrected chi connectivity index (χ2v) is 6.80. The van der Waals surface area contributed by atoms with Gasteiger partial charge in [0.2, 0.25) is 5.91 Å². The lowest BCUT2D eigenvalue weighted by molar-refractivity contribution is -0.176. The number of carbonyl (C=O) groups excluding carboxylic acids is 1. The molecule has 0 saturated carbocycles. The van der Waals surface area contributed by atoms with Gasteiger partial charge in [-0.15, -0.1) is 5.10 Å². The minimum atomic E-state index is -4.34. The van der Waals surface area contributed by atoms with E-state index in [0.29, 0.717) is 17.8 Å². The van der Waals surface area contributed by atoms with Gasteiger partial charge in [-0.05, 0) is 22.8 Å². The molecule has 0 unspecified atom stereocenters. The number of rotatable bonds is 9. The second kappa shape index (κ2) is 10.5.